The Morgan fingerprint density at radius 2 is 1.56 bits per heavy atom. The Morgan fingerprint density at radius 1 is 0.875 bits per heavy atom. The van der Waals surface area contributed by atoms with Crippen LogP contribution in [0.1, 0.15) is 51.4 Å². The summed E-state index contributed by atoms with van der Waals surface area (Å²) < 4.78 is 45.5. The zero-order valence-electron chi connectivity index (χ0n) is 19.0. The van der Waals surface area contributed by atoms with Gasteiger partial charge in [-0.25, -0.2) is 8.78 Å². The van der Waals surface area contributed by atoms with Crippen LogP contribution in [0.2, 0.25) is 0 Å². The molecule has 0 atom stereocenters. The Balaban J connectivity index is 1.51. The van der Waals surface area contributed by atoms with E-state index in [1.807, 2.05) is 12.1 Å². The number of benzene rings is 2. The number of allylic oxidation sites excluding steroid dienone is 1. The van der Waals surface area contributed by atoms with Crippen LogP contribution in [0.3, 0.4) is 0 Å². The molecule has 2 aromatic rings. The monoisotopic (exact) mass is 444 g/mol. The predicted molar refractivity (Wildman–Crippen MR) is 124 cm³/mol. The van der Waals surface area contributed by atoms with E-state index in [1.54, 1.807) is 19.2 Å². The Hall–Kier alpha value is -2.40. The first-order chi connectivity index (χ1) is 15.6. The van der Waals surface area contributed by atoms with Crippen molar-refractivity contribution in [3.8, 4) is 22.6 Å². The van der Waals surface area contributed by atoms with Crippen molar-refractivity contribution in [3.05, 3.63) is 60.2 Å². The van der Waals surface area contributed by atoms with Gasteiger partial charge in [-0.1, -0.05) is 30.7 Å². The van der Waals surface area contributed by atoms with Crippen LogP contribution >= 0.6 is 0 Å². The van der Waals surface area contributed by atoms with Gasteiger partial charge in [-0.2, -0.15) is 0 Å². The lowest BCUT2D eigenvalue weighted by molar-refractivity contribution is 0.191. The predicted octanol–water partition coefficient (Wildman–Crippen LogP) is 7.34. The van der Waals surface area contributed by atoms with Crippen LogP contribution in [-0.4, -0.2) is 26.9 Å². The summed E-state index contributed by atoms with van der Waals surface area (Å²) in [6, 6.07) is 9.47. The molecule has 5 heteroatoms. The van der Waals surface area contributed by atoms with E-state index >= 15 is 0 Å². The number of ether oxygens (including phenoxy) is 3. The van der Waals surface area contributed by atoms with Crippen molar-refractivity contribution in [2.24, 2.45) is 5.92 Å². The Kier molecular flexibility index (Phi) is 9.54. The smallest absolute Gasteiger partial charge is 0.165 e. The van der Waals surface area contributed by atoms with Crippen molar-refractivity contribution < 1.29 is 23.0 Å². The molecule has 0 amide bonds. The first kappa shape index (κ1) is 24.2. The number of unbranched alkanes of at least 4 members (excludes halogenated alkanes) is 3. The SMILES string of the molecule is C=C1CCC(COc2ccc(-c3cc(F)c(OCCCCCCOC)cc3F)cc2)CC1. The van der Waals surface area contributed by atoms with Crippen molar-refractivity contribution in [3.63, 3.8) is 0 Å². The van der Waals surface area contributed by atoms with Crippen LogP contribution in [0, 0.1) is 17.6 Å². The molecule has 0 spiro atoms. The highest BCUT2D eigenvalue weighted by molar-refractivity contribution is 5.66. The molecule has 0 heterocycles. The summed E-state index contributed by atoms with van der Waals surface area (Å²) in [7, 11) is 1.68. The third-order valence-corrected chi connectivity index (χ3v) is 5.99. The zero-order chi connectivity index (χ0) is 22.8. The maximum Gasteiger partial charge on any atom is 0.165 e. The molecule has 0 aliphatic heterocycles. The van der Waals surface area contributed by atoms with Gasteiger partial charge in [-0.05, 0) is 74.6 Å². The van der Waals surface area contributed by atoms with E-state index in [0.717, 1.165) is 69.8 Å². The number of methoxy groups -OCH3 is 1. The second-order valence-electron chi connectivity index (χ2n) is 8.55. The minimum atomic E-state index is -0.556. The van der Waals surface area contributed by atoms with Crippen molar-refractivity contribution in [1.82, 2.24) is 0 Å². The maximum atomic E-state index is 14.7. The molecule has 1 fully saturated rings. The van der Waals surface area contributed by atoms with E-state index in [0.29, 0.717) is 24.7 Å². The molecule has 0 aromatic heterocycles. The summed E-state index contributed by atoms with van der Waals surface area (Å²) in [5.74, 6) is 0.185. The van der Waals surface area contributed by atoms with Crippen LogP contribution in [0.5, 0.6) is 11.5 Å². The molecule has 1 aliphatic rings. The lowest BCUT2D eigenvalue weighted by Crippen LogP contribution is -2.16. The average Bonchev–Trinajstić information content (AvgIpc) is 2.80. The van der Waals surface area contributed by atoms with Gasteiger partial charge < -0.3 is 14.2 Å². The summed E-state index contributed by atoms with van der Waals surface area (Å²) in [4.78, 5) is 0. The molecule has 174 valence electrons. The number of rotatable bonds is 12. The summed E-state index contributed by atoms with van der Waals surface area (Å²) in [5.41, 5.74) is 2.15. The molecule has 2 aromatic carbocycles. The normalized spacial score (nSPS) is 14.5. The molecule has 0 unspecified atom stereocenters. The third kappa shape index (κ3) is 7.33. The van der Waals surface area contributed by atoms with E-state index < -0.39 is 11.6 Å². The fourth-order valence-electron chi connectivity index (χ4n) is 3.94. The lowest BCUT2D eigenvalue weighted by Gasteiger charge is -2.23. The van der Waals surface area contributed by atoms with Gasteiger partial charge in [0.05, 0.1) is 13.2 Å². The molecule has 0 bridgehead atoms. The van der Waals surface area contributed by atoms with Gasteiger partial charge in [0.25, 0.3) is 0 Å². The van der Waals surface area contributed by atoms with Gasteiger partial charge in [0.2, 0.25) is 0 Å². The Morgan fingerprint density at radius 3 is 2.25 bits per heavy atom. The molecule has 0 saturated heterocycles. The number of hydrogen-bond donors (Lipinski definition) is 0. The quantitative estimate of drug-likeness (QED) is 0.253. The zero-order valence-corrected chi connectivity index (χ0v) is 19.0. The fraction of sp³-hybridized carbons (Fsp3) is 0.481. The van der Waals surface area contributed by atoms with Crippen LogP contribution in [0.25, 0.3) is 11.1 Å². The number of halogens is 2. The summed E-state index contributed by atoms with van der Waals surface area (Å²) in [6.45, 7) is 5.83. The van der Waals surface area contributed by atoms with Crippen LogP contribution in [0.15, 0.2) is 48.6 Å². The van der Waals surface area contributed by atoms with E-state index in [2.05, 4.69) is 6.58 Å². The molecular weight excluding hydrogens is 410 g/mol. The summed E-state index contributed by atoms with van der Waals surface area (Å²) in [5, 5.41) is 0. The second-order valence-corrected chi connectivity index (χ2v) is 8.55. The molecular formula is C27H34F2O3. The van der Waals surface area contributed by atoms with E-state index in [-0.39, 0.29) is 11.3 Å². The molecule has 32 heavy (non-hydrogen) atoms. The molecule has 0 radical (unpaired) electrons. The molecule has 0 N–H and O–H groups in total. The van der Waals surface area contributed by atoms with E-state index in [4.69, 9.17) is 14.2 Å². The summed E-state index contributed by atoms with van der Waals surface area (Å²) in [6.07, 6.45) is 8.17. The van der Waals surface area contributed by atoms with Crippen LogP contribution in [-0.2, 0) is 4.74 Å². The Labute approximate surface area is 190 Å². The first-order valence-corrected chi connectivity index (χ1v) is 11.6. The summed E-state index contributed by atoms with van der Waals surface area (Å²) >= 11 is 0. The van der Waals surface area contributed by atoms with Gasteiger partial charge in [0.15, 0.2) is 11.6 Å². The lowest BCUT2D eigenvalue weighted by atomic mass is 9.87. The van der Waals surface area contributed by atoms with Crippen molar-refractivity contribution in [2.45, 2.75) is 51.4 Å². The maximum absolute atomic E-state index is 14.7. The van der Waals surface area contributed by atoms with Gasteiger partial charge in [-0.3, -0.25) is 0 Å². The highest BCUT2D eigenvalue weighted by Gasteiger charge is 2.16. The van der Waals surface area contributed by atoms with E-state index in [1.165, 1.54) is 11.6 Å². The average molecular weight is 445 g/mol. The van der Waals surface area contributed by atoms with E-state index in [9.17, 15) is 8.78 Å². The standard InChI is InChI=1S/C27H34F2O3/c1-20-7-9-21(10-8-20)19-32-23-13-11-22(12-14-23)24-17-26(29)27(18-25(24)28)31-16-6-4-3-5-15-30-2/h11-14,17-18,21H,1,3-10,15-16,19H2,2H3. The first-order valence-electron chi connectivity index (χ1n) is 11.6. The van der Waals surface area contributed by atoms with Gasteiger partial charge in [0.1, 0.15) is 11.6 Å². The van der Waals surface area contributed by atoms with Crippen LogP contribution < -0.4 is 9.47 Å². The van der Waals surface area contributed by atoms with Gasteiger partial charge >= 0.3 is 0 Å². The highest BCUT2D eigenvalue weighted by atomic mass is 19.1. The van der Waals surface area contributed by atoms with Crippen molar-refractivity contribution in [1.29, 1.82) is 0 Å². The largest absolute Gasteiger partial charge is 0.493 e. The molecule has 1 aliphatic carbocycles. The number of hydrogen-bond acceptors (Lipinski definition) is 3. The van der Waals surface area contributed by atoms with Gasteiger partial charge in [-0.15, -0.1) is 0 Å². The minimum absolute atomic E-state index is 0.0433. The molecule has 3 rings (SSSR count). The highest BCUT2D eigenvalue weighted by Crippen LogP contribution is 2.31. The van der Waals surface area contributed by atoms with Gasteiger partial charge in [0, 0.05) is 25.3 Å². The second kappa shape index (κ2) is 12.6. The molecule has 3 nitrogen and oxygen atoms in total. The van der Waals surface area contributed by atoms with Crippen molar-refractivity contribution >= 4 is 0 Å². The van der Waals surface area contributed by atoms with Crippen molar-refractivity contribution in [2.75, 3.05) is 26.9 Å². The third-order valence-electron chi connectivity index (χ3n) is 5.99. The minimum Gasteiger partial charge on any atom is -0.493 e. The Bertz CT molecular complexity index is 854. The van der Waals surface area contributed by atoms with Crippen LogP contribution in [0.4, 0.5) is 8.78 Å². The topological polar surface area (TPSA) is 27.7 Å². The fourth-order valence-corrected chi connectivity index (χ4v) is 3.94. The molecule has 1 saturated carbocycles.